The number of ether oxygens (including phenoxy) is 1. The Morgan fingerprint density at radius 2 is 1.62 bits per heavy atom. The van der Waals surface area contributed by atoms with Crippen molar-refractivity contribution in [1.29, 1.82) is 0 Å². The molecule has 4 heteroatoms. The lowest BCUT2D eigenvalue weighted by atomic mass is 10.0. The minimum absolute atomic E-state index is 0.144. The molecule has 1 heterocycles. The highest BCUT2D eigenvalue weighted by Crippen LogP contribution is 2.22. The second-order valence-corrected chi connectivity index (χ2v) is 6.22. The highest BCUT2D eigenvalue weighted by molar-refractivity contribution is 5.96. The Labute approximate surface area is 143 Å². The highest BCUT2D eigenvalue weighted by atomic mass is 16.5. The summed E-state index contributed by atoms with van der Waals surface area (Å²) in [5.41, 5.74) is 4.25. The zero-order valence-electron chi connectivity index (χ0n) is 14.6. The van der Waals surface area contributed by atoms with Crippen LogP contribution in [-0.2, 0) is 0 Å². The van der Waals surface area contributed by atoms with Gasteiger partial charge in [-0.3, -0.25) is 4.79 Å². The predicted octanol–water partition coefficient (Wildman–Crippen LogP) is 3.27. The summed E-state index contributed by atoms with van der Waals surface area (Å²) in [6.45, 7) is 7.27. The molecule has 0 unspecified atom stereocenters. The van der Waals surface area contributed by atoms with E-state index in [1.165, 1.54) is 5.69 Å². The number of benzene rings is 2. The second-order valence-electron chi connectivity index (χ2n) is 6.22. The van der Waals surface area contributed by atoms with Crippen molar-refractivity contribution >= 4 is 11.6 Å². The zero-order valence-corrected chi connectivity index (χ0v) is 14.6. The van der Waals surface area contributed by atoms with Crippen molar-refractivity contribution in [2.75, 3.05) is 38.2 Å². The van der Waals surface area contributed by atoms with E-state index >= 15 is 0 Å². The molecule has 0 bridgehead atoms. The van der Waals surface area contributed by atoms with Crippen LogP contribution in [-0.4, -0.2) is 44.1 Å². The molecule has 0 spiro atoms. The first-order chi connectivity index (χ1) is 11.6. The number of amides is 1. The monoisotopic (exact) mass is 324 g/mol. The van der Waals surface area contributed by atoms with Crippen molar-refractivity contribution in [3.63, 3.8) is 0 Å². The van der Waals surface area contributed by atoms with Crippen LogP contribution in [0, 0.1) is 13.8 Å². The van der Waals surface area contributed by atoms with Gasteiger partial charge in [0.05, 0.1) is 7.11 Å². The number of rotatable bonds is 3. The molecule has 3 rings (SSSR count). The standard InChI is InChI=1S/C20H24N2O2/c1-15-5-4-6-19(16(15)2)20(23)22-13-11-21(12-14-22)17-7-9-18(24-3)10-8-17/h4-10H,11-14H2,1-3H3. The molecule has 1 aliphatic rings. The Morgan fingerprint density at radius 1 is 0.958 bits per heavy atom. The van der Waals surface area contributed by atoms with E-state index in [2.05, 4.69) is 17.0 Å². The lowest BCUT2D eigenvalue weighted by Crippen LogP contribution is -2.49. The molecule has 2 aromatic rings. The topological polar surface area (TPSA) is 32.8 Å². The third-order valence-corrected chi connectivity index (χ3v) is 4.84. The van der Waals surface area contributed by atoms with E-state index in [1.807, 2.05) is 49.1 Å². The Hall–Kier alpha value is -2.49. The molecule has 0 saturated carbocycles. The highest BCUT2D eigenvalue weighted by Gasteiger charge is 2.23. The summed E-state index contributed by atoms with van der Waals surface area (Å²) in [5, 5.41) is 0. The van der Waals surface area contributed by atoms with Crippen LogP contribution < -0.4 is 9.64 Å². The van der Waals surface area contributed by atoms with Crippen LogP contribution >= 0.6 is 0 Å². The number of carbonyl (C=O) groups excluding carboxylic acids is 1. The Balaban J connectivity index is 1.66. The molecule has 0 N–H and O–H groups in total. The number of aryl methyl sites for hydroxylation is 1. The molecule has 0 aliphatic carbocycles. The van der Waals surface area contributed by atoms with Gasteiger partial charge < -0.3 is 14.5 Å². The van der Waals surface area contributed by atoms with Crippen LogP contribution in [0.25, 0.3) is 0 Å². The van der Waals surface area contributed by atoms with Crippen molar-refractivity contribution in [3.05, 3.63) is 59.2 Å². The minimum atomic E-state index is 0.144. The van der Waals surface area contributed by atoms with E-state index < -0.39 is 0 Å². The van der Waals surface area contributed by atoms with E-state index in [-0.39, 0.29) is 5.91 Å². The third kappa shape index (κ3) is 3.23. The van der Waals surface area contributed by atoms with Gasteiger partial charge in [-0.05, 0) is 55.3 Å². The molecule has 126 valence electrons. The van der Waals surface area contributed by atoms with Crippen LogP contribution in [0.5, 0.6) is 5.75 Å². The number of nitrogens with zero attached hydrogens (tertiary/aromatic N) is 2. The quantitative estimate of drug-likeness (QED) is 0.869. The Bertz CT molecular complexity index is 717. The van der Waals surface area contributed by atoms with Crippen LogP contribution in [0.15, 0.2) is 42.5 Å². The van der Waals surface area contributed by atoms with Crippen molar-refractivity contribution < 1.29 is 9.53 Å². The van der Waals surface area contributed by atoms with Crippen LogP contribution in [0.3, 0.4) is 0 Å². The van der Waals surface area contributed by atoms with Gasteiger partial charge in [-0.25, -0.2) is 0 Å². The molecule has 24 heavy (non-hydrogen) atoms. The van der Waals surface area contributed by atoms with Gasteiger partial charge in [0.15, 0.2) is 0 Å². The fourth-order valence-electron chi connectivity index (χ4n) is 3.11. The SMILES string of the molecule is COc1ccc(N2CCN(C(=O)c3cccc(C)c3C)CC2)cc1. The van der Waals surface area contributed by atoms with Gasteiger partial charge in [-0.2, -0.15) is 0 Å². The molecule has 4 nitrogen and oxygen atoms in total. The lowest BCUT2D eigenvalue weighted by molar-refractivity contribution is 0.0746. The van der Waals surface area contributed by atoms with E-state index in [0.29, 0.717) is 0 Å². The molecule has 1 aliphatic heterocycles. The summed E-state index contributed by atoms with van der Waals surface area (Å²) in [6, 6.07) is 14.0. The fourth-order valence-corrected chi connectivity index (χ4v) is 3.11. The van der Waals surface area contributed by atoms with Crippen LogP contribution in [0.2, 0.25) is 0 Å². The summed E-state index contributed by atoms with van der Waals surface area (Å²) in [6.07, 6.45) is 0. The largest absolute Gasteiger partial charge is 0.497 e. The molecule has 0 radical (unpaired) electrons. The predicted molar refractivity (Wildman–Crippen MR) is 97.0 cm³/mol. The van der Waals surface area contributed by atoms with E-state index in [1.54, 1.807) is 7.11 Å². The number of methoxy groups -OCH3 is 1. The number of hydrogen-bond donors (Lipinski definition) is 0. The number of piperazine rings is 1. The van der Waals surface area contributed by atoms with Crippen LogP contribution in [0.1, 0.15) is 21.5 Å². The Morgan fingerprint density at radius 3 is 2.25 bits per heavy atom. The van der Waals surface area contributed by atoms with Crippen molar-refractivity contribution in [2.24, 2.45) is 0 Å². The first kappa shape index (κ1) is 16.4. The number of carbonyl (C=O) groups is 1. The van der Waals surface area contributed by atoms with Gasteiger partial charge in [-0.1, -0.05) is 12.1 Å². The van der Waals surface area contributed by atoms with E-state index in [9.17, 15) is 4.79 Å². The molecule has 0 aromatic heterocycles. The molecular formula is C20H24N2O2. The maximum atomic E-state index is 12.8. The summed E-state index contributed by atoms with van der Waals surface area (Å²) in [4.78, 5) is 17.1. The van der Waals surface area contributed by atoms with Crippen LogP contribution in [0.4, 0.5) is 5.69 Å². The summed E-state index contributed by atoms with van der Waals surface area (Å²) in [5.74, 6) is 1.01. The molecule has 1 amide bonds. The van der Waals surface area contributed by atoms with Gasteiger partial charge in [0.2, 0.25) is 0 Å². The third-order valence-electron chi connectivity index (χ3n) is 4.84. The van der Waals surface area contributed by atoms with Crippen molar-refractivity contribution in [2.45, 2.75) is 13.8 Å². The summed E-state index contributed by atoms with van der Waals surface area (Å²) in [7, 11) is 1.67. The molecule has 0 atom stereocenters. The normalized spacial score (nSPS) is 14.6. The van der Waals surface area contributed by atoms with Gasteiger partial charge >= 0.3 is 0 Å². The van der Waals surface area contributed by atoms with Gasteiger partial charge in [0.25, 0.3) is 5.91 Å². The second kappa shape index (κ2) is 6.95. The fraction of sp³-hybridized carbons (Fsp3) is 0.350. The zero-order chi connectivity index (χ0) is 17.1. The summed E-state index contributed by atoms with van der Waals surface area (Å²) >= 11 is 0. The molecular weight excluding hydrogens is 300 g/mol. The average molecular weight is 324 g/mol. The number of hydrogen-bond acceptors (Lipinski definition) is 3. The number of anilines is 1. The smallest absolute Gasteiger partial charge is 0.254 e. The molecule has 1 fully saturated rings. The van der Waals surface area contributed by atoms with E-state index in [4.69, 9.17) is 4.74 Å². The maximum absolute atomic E-state index is 12.8. The first-order valence-electron chi connectivity index (χ1n) is 8.34. The summed E-state index contributed by atoms with van der Waals surface area (Å²) < 4.78 is 5.20. The van der Waals surface area contributed by atoms with Gasteiger partial charge in [0, 0.05) is 37.4 Å². The minimum Gasteiger partial charge on any atom is -0.497 e. The Kier molecular flexibility index (Phi) is 4.74. The van der Waals surface area contributed by atoms with Crippen molar-refractivity contribution in [1.82, 2.24) is 4.90 Å². The molecule has 1 saturated heterocycles. The first-order valence-corrected chi connectivity index (χ1v) is 8.34. The van der Waals surface area contributed by atoms with Crippen molar-refractivity contribution in [3.8, 4) is 5.75 Å². The van der Waals surface area contributed by atoms with Gasteiger partial charge in [0.1, 0.15) is 5.75 Å². The average Bonchev–Trinajstić information content (AvgIpc) is 2.64. The van der Waals surface area contributed by atoms with E-state index in [0.717, 1.165) is 48.6 Å². The van der Waals surface area contributed by atoms with Gasteiger partial charge in [-0.15, -0.1) is 0 Å². The maximum Gasteiger partial charge on any atom is 0.254 e. The lowest BCUT2D eigenvalue weighted by Gasteiger charge is -2.36. The molecule has 2 aromatic carbocycles.